The smallest absolute Gasteiger partial charge is 0.412 e. The number of hydrogen-bond acceptors (Lipinski definition) is 1. The largest absolute Gasteiger partial charge is 1.00 e. The van der Waals surface area contributed by atoms with Gasteiger partial charge in [0.1, 0.15) is 6.61 Å². The van der Waals surface area contributed by atoms with Crippen LogP contribution in [0.2, 0.25) is 0 Å². The second kappa shape index (κ2) is 5.82. The molecule has 80 valence electrons. The summed E-state index contributed by atoms with van der Waals surface area (Å²) in [5.41, 5.74) is 0. The van der Waals surface area contributed by atoms with Gasteiger partial charge in [0.25, 0.3) is 6.73 Å². The van der Waals surface area contributed by atoms with Crippen LogP contribution in [0.1, 0.15) is 0 Å². The van der Waals surface area contributed by atoms with Crippen molar-refractivity contribution in [3.8, 4) is 0 Å². The van der Waals surface area contributed by atoms with E-state index < -0.39 is 12.8 Å². The second-order valence-electron chi connectivity index (χ2n) is 2.48. The maximum atomic E-state index is 11.6. The third-order valence-electron chi connectivity index (χ3n) is 1.28. The number of halogens is 4. The van der Waals surface area contributed by atoms with E-state index in [1.54, 1.807) is 30.6 Å². The lowest BCUT2D eigenvalue weighted by atomic mass is 10.5. The molecule has 0 aliphatic heterocycles. The van der Waals surface area contributed by atoms with Crippen LogP contribution in [-0.2, 0) is 11.5 Å². The maximum Gasteiger partial charge on any atom is 0.412 e. The lowest BCUT2D eigenvalue weighted by Gasteiger charge is -2.04. The van der Waals surface area contributed by atoms with Crippen molar-refractivity contribution in [3.63, 3.8) is 0 Å². The molecule has 1 rings (SSSR count). The molecule has 0 bridgehead atoms. The van der Waals surface area contributed by atoms with Crippen molar-refractivity contribution in [2.24, 2.45) is 0 Å². The summed E-state index contributed by atoms with van der Waals surface area (Å²) in [6.07, 6.45) is -0.984. The van der Waals surface area contributed by atoms with Crippen molar-refractivity contribution in [1.29, 1.82) is 0 Å². The molecule has 0 saturated heterocycles. The van der Waals surface area contributed by atoms with Crippen molar-refractivity contribution in [2.75, 3.05) is 6.61 Å². The monoisotopic (exact) mass is 227 g/mol. The second-order valence-corrected chi connectivity index (χ2v) is 2.48. The van der Waals surface area contributed by atoms with Gasteiger partial charge < -0.3 is 17.1 Å². The van der Waals surface area contributed by atoms with Gasteiger partial charge in [0.2, 0.25) is 0 Å². The molecule has 0 aliphatic carbocycles. The normalized spacial score (nSPS) is 10.8. The molecule has 0 unspecified atom stereocenters. The predicted octanol–water partition coefficient (Wildman–Crippen LogP) is -1.49. The van der Waals surface area contributed by atoms with Crippen LogP contribution < -0.4 is 17.0 Å². The molecule has 0 aliphatic rings. The van der Waals surface area contributed by atoms with Crippen LogP contribution in [-0.4, -0.2) is 12.8 Å². The minimum Gasteiger partial charge on any atom is -1.00 e. The van der Waals surface area contributed by atoms with Crippen LogP contribution in [0.4, 0.5) is 13.2 Å². The van der Waals surface area contributed by atoms with Gasteiger partial charge in [-0.25, -0.2) is 0 Å². The van der Waals surface area contributed by atoms with Gasteiger partial charge in [0.05, 0.1) is 0 Å². The molecule has 0 spiro atoms. The number of aromatic nitrogens is 1. The summed E-state index contributed by atoms with van der Waals surface area (Å²) in [5.74, 6) is 0. The van der Waals surface area contributed by atoms with Gasteiger partial charge in [-0.2, -0.15) is 17.7 Å². The van der Waals surface area contributed by atoms with E-state index in [4.69, 9.17) is 0 Å². The molecule has 14 heavy (non-hydrogen) atoms. The third kappa shape index (κ3) is 5.77. The lowest BCUT2D eigenvalue weighted by Crippen LogP contribution is -3.00. The molecule has 1 aromatic heterocycles. The third-order valence-corrected chi connectivity index (χ3v) is 1.28. The SMILES string of the molecule is FC(F)(F)COC[n+]1ccccc1.[Cl-]. The Kier molecular flexibility index (Phi) is 5.49. The Balaban J connectivity index is 0.00000169. The zero-order chi connectivity index (χ0) is 9.73. The summed E-state index contributed by atoms with van der Waals surface area (Å²) in [6.45, 7) is -1.30. The summed E-state index contributed by atoms with van der Waals surface area (Å²) in [4.78, 5) is 0. The Bertz CT molecular complexity index is 253. The fourth-order valence-electron chi connectivity index (χ4n) is 0.787. The molecule has 0 aromatic carbocycles. The number of ether oxygens (including phenoxy) is 1. The van der Waals surface area contributed by atoms with Gasteiger partial charge in [-0.3, -0.25) is 0 Å². The molecule has 1 heterocycles. The Morgan fingerprint density at radius 2 is 1.64 bits per heavy atom. The minimum absolute atomic E-state index is 0. The first-order chi connectivity index (χ1) is 6.08. The topological polar surface area (TPSA) is 13.1 Å². The first kappa shape index (κ1) is 13.2. The van der Waals surface area contributed by atoms with Gasteiger partial charge in [0, 0.05) is 12.1 Å². The average Bonchev–Trinajstić information content (AvgIpc) is 2.04. The average molecular weight is 228 g/mol. The van der Waals surface area contributed by atoms with E-state index in [1.165, 1.54) is 4.57 Å². The zero-order valence-corrected chi connectivity index (χ0v) is 7.92. The summed E-state index contributed by atoms with van der Waals surface area (Å²) in [6, 6.07) is 5.22. The van der Waals surface area contributed by atoms with Gasteiger partial charge in [-0.15, -0.1) is 0 Å². The van der Waals surface area contributed by atoms with E-state index in [0.717, 1.165) is 0 Å². The van der Waals surface area contributed by atoms with Crippen LogP contribution >= 0.6 is 0 Å². The van der Waals surface area contributed by atoms with Crippen molar-refractivity contribution >= 4 is 0 Å². The van der Waals surface area contributed by atoms with E-state index in [-0.39, 0.29) is 19.1 Å². The molecule has 2 nitrogen and oxygen atoms in total. The lowest BCUT2D eigenvalue weighted by molar-refractivity contribution is -0.733. The molecular formula is C8H9ClF3NO. The Labute approximate surface area is 85.7 Å². The molecule has 0 N–H and O–H groups in total. The quantitative estimate of drug-likeness (QED) is 0.574. The molecular weight excluding hydrogens is 219 g/mol. The van der Waals surface area contributed by atoms with Gasteiger partial charge >= 0.3 is 6.18 Å². The Morgan fingerprint density at radius 1 is 1.07 bits per heavy atom. The Hall–Kier alpha value is -0.810. The van der Waals surface area contributed by atoms with Crippen LogP contribution in [0.5, 0.6) is 0 Å². The molecule has 0 amide bonds. The van der Waals surface area contributed by atoms with Crippen LogP contribution in [0.3, 0.4) is 0 Å². The molecule has 0 fully saturated rings. The summed E-state index contributed by atoms with van der Waals surface area (Å²) in [5, 5.41) is 0. The van der Waals surface area contributed by atoms with Crippen molar-refractivity contribution in [1.82, 2.24) is 0 Å². The number of hydrogen-bond donors (Lipinski definition) is 0. The first-order valence-electron chi connectivity index (χ1n) is 3.66. The molecule has 0 saturated carbocycles. The fraction of sp³-hybridized carbons (Fsp3) is 0.375. The van der Waals surface area contributed by atoms with Crippen LogP contribution in [0, 0.1) is 0 Å². The van der Waals surface area contributed by atoms with E-state index in [1.807, 2.05) is 0 Å². The van der Waals surface area contributed by atoms with Gasteiger partial charge in [0.15, 0.2) is 12.4 Å². The van der Waals surface area contributed by atoms with Gasteiger partial charge in [-0.05, 0) is 0 Å². The molecule has 1 aromatic rings. The van der Waals surface area contributed by atoms with E-state index in [0.29, 0.717) is 0 Å². The Morgan fingerprint density at radius 3 is 2.14 bits per heavy atom. The molecule has 0 atom stereocenters. The van der Waals surface area contributed by atoms with Crippen LogP contribution in [0.25, 0.3) is 0 Å². The standard InChI is InChI=1S/C8H9F3NO.ClH/c9-8(10,11)6-13-7-12-4-2-1-3-5-12;/h1-5H,6-7H2;1H/q+1;/p-1. The van der Waals surface area contributed by atoms with Gasteiger partial charge in [-0.1, -0.05) is 6.07 Å². The highest BCUT2D eigenvalue weighted by molar-refractivity contribution is 4.83. The number of alkyl halides is 3. The van der Waals surface area contributed by atoms with Crippen molar-refractivity contribution < 1.29 is 34.9 Å². The molecule has 0 radical (unpaired) electrons. The highest BCUT2D eigenvalue weighted by Gasteiger charge is 2.27. The van der Waals surface area contributed by atoms with Crippen molar-refractivity contribution in [3.05, 3.63) is 30.6 Å². The first-order valence-corrected chi connectivity index (χ1v) is 3.66. The number of rotatable bonds is 3. The zero-order valence-electron chi connectivity index (χ0n) is 7.17. The summed E-state index contributed by atoms with van der Waals surface area (Å²) in [7, 11) is 0. The fourth-order valence-corrected chi connectivity index (χ4v) is 0.787. The number of nitrogens with zero attached hydrogens (tertiary/aromatic N) is 1. The van der Waals surface area contributed by atoms with E-state index in [9.17, 15) is 13.2 Å². The predicted molar refractivity (Wildman–Crippen MR) is 38.6 cm³/mol. The molecule has 6 heteroatoms. The maximum absolute atomic E-state index is 11.6. The summed E-state index contributed by atoms with van der Waals surface area (Å²) < 4.78 is 40.8. The highest BCUT2D eigenvalue weighted by Crippen LogP contribution is 2.13. The summed E-state index contributed by atoms with van der Waals surface area (Å²) >= 11 is 0. The minimum atomic E-state index is -4.25. The highest BCUT2D eigenvalue weighted by atomic mass is 35.5. The van der Waals surface area contributed by atoms with E-state index in [2.05, 4.69) is 4.74 Å². The van der Waals surface area contributed by atoms with Crippen molar-refractivity contribution in [2.45, 2.75) is 12.9 Å². The van der Waals surface area contributed by atoms with E-state index >= 15 is 0 Å². The number of pyridine rings is 1. The van der Waals surface area contributed by atoms with Crippen LogP contribution in [0.15, 0.2) is 30.6 Å².